The SMILES string of the molecule is CC(Cn1cc(Cl)cn1)C(=O)NCc1csc(C2CC2)n1. The Hall–Kier alpha value is -1.40. The molecule has 0 saturated heterocycles. The molecular weight excluding hydrogens is 308 g/mol. The zero-order chi connectivity index (χ0) is 14.8. The van der Waals surface area contributed by atoms with Gasteiger partial charge in [0.1, 0.15) is 0 Å². The Morgan fingerprint density at radius 2 is 2.43 bits per heavy atom. The lowest BCUT2D eigenvalue weighted by molar-refractivity contribution is -0.125. The molecule has 1 amide bonds. The summed E-state index contributed by atoms with van der Waals surface area (Å²) in [7, 11) is 0. The lowest BCUT2D eigenvalue weighted by atomic mass is 10.1. The molecule has 0 bridgehead atoms. The Bertz CT molecular complexity index is 634. The largest absolute Gasteiger partial charge is 0.350 e. The average molecular weight is 325 g/mol. The van der Waals surface area contributed by atoms with Gasteiger partial charge in [-0.3, -0.25) is 9.48 Å². The minimum atomic E-state index is -0.164. The molecule has 1 fully saturated rings. The minimum Gasteiger partial charge on any atom is -0.350 e. The van der Waals surface area contributed by atoms with Crippen molar-refractivity contribution in [3.05, 3.63) is 33.5 Å². The lowest BCUT2D eigenvalue weighted by Crippen LogP contribution is -2.31. The van der Waals surface area contributed by atoms with Crippen molar-refractivity contribution in [2.75, 3.05) is 0 Å². The summed E-state index contributed by atoms with van der Waals surface area (Å²) in [5, 5.41) is 10.8. The first-order valence-electron chi connectivity index (χ1n) is 7.02. The van der Waals surface area contributed by atoms with E-state index in [9.17, 15) is 4.79 Å². The topological polar surface area (TPSA) is 59.8 Å². The van der Waals surface area contributed by atoms with Crippen molar-refractivity contribution < 1.29 is 4.79 Å². The molecule has 2 aromatic rings. The molecule has 1 N–H and O–H groups in total. The van der Waals surface area contributed by atoms with Crippen LogP contribution in [-0.4, -0.2) is 20.7 Å². The molecule has 1 aliphatic carbocycles. The molecular formula is C14H17ClN4OS. The zero-order valence-corrected chi connectivity index (χ0v) is 13.3. The van der Waals surface area contributed by atoms with Crippen molar-refractivity contribution >= 4 is 28.8 Å². The molecule has 3 rings (SSSR count). The highest BCUT2D eigenvalue weighted by Gasteiger charge is 2.26. The zero-order valence-electron chi connectivity index (χ0n) is 11.8. The van der Waals surface area contributed by atoms with Gasteiger partial charge >= 0.3 is 0 Å². The van der Waals surface area contributed by atoms with Gasteiger partial charge in [-0.25, -0.2) is 4.98 Å². The molecule has 0 spiro atoms. The number of rotatable bonds is 6. The van der Waals surface area contributed by atoms with Gasteiger partial charge in [-0.15, -0.1) is 11.3 Å². The van der Waals surface area contributed by atoms with Crippen LogP contribution in [-0.2, 0) is 17.9 Å². The van der Waals surface area contributed by atoms with Crippen molar-refractivity contribution in [2.24, 2.45) is 5.92 Å². The van der Waals surface area contributed by atoms with Crippen LogP contribution in [0, 0.1) is 5.92 Å². The molecule has 1 atom stereocenters. The number of carbonyl (C=O) groups excluding carboxylic acids is 1. The Balaban J connectivity index is 1.48. The van der Waals surface area contributed by atoms with E-state index in [1.807, 2.05) is 12.3 Å². The monoisotopic (exact) mass is 324 g/mol. The van der Waals surface area contributed by atoms with Gasteiger partial charge < -0.3 is 5.32 Å². The van der Waals surface area contributed by atoms with Gasteiger partial charge in [0.2, 0.25) is 5.91 Å². The third-order valence-corrected chi connectivity index (χ3v) is 4.70. The van der Waals surface area contributed by atoms with E-state index in [0.29, 0.717) is 24.0 Å². The molecule has 2 heterocycles. The number of nitrogens with zero attached hydrogens (tertiary/aromatic N) is 3. The fourth-order valence-corrected chi connectivity index (χ4v) is 3.22. The number of thiazole rings is 1. The maximum Gasteiger partial charge on any atom is 0.225 e. The van der Waals surface area contributed by atoms with E-state index >= 15 is 0 Å². The highest BCUT2D eigenvalue weighted by Crippen LogP contribution is 2.41. The molecule has 7 heteroatoms. The van der Waals surface area contributed by atoms with Gasteiger partial charge in [0.05, 0.1) is 40.9 Å². The number of amides is 1. The molecule has 1 aliphatic rings. The van der Waals surface area contributed by atoms with Crippen LogP contribution in [0.2, 0.25) is 5.02 Å². The van der Waals surface area contributed by atoms with E-state index in [2.05, 4.69) is 15.4 Å². The molecule has 5 nitrogen and oxygen atoms in total. The van der Waals surface area contributed by atoms with Gasteiger partial charge in [-0.05, 0) is 12.8 Å². The second kappa shape index (κ2) is 6.15. The van der Waals surface area contributed by atoms with Crippen LogP contribution < -0.4 is 5.32 Å². The van der Waals surface area contributed by atoms with Crippen LogP contribution in [0.15, 0.2) is 17.8 Å². The van der Waals surface area contributed by atoms with Crippen LogP contribution in [0.5, 0.6) is 0 Å². The molecule has 112 valence electrons. The van der Waals surface area contributed by atoms with Gasteiger partial charge in [-0.2, -0.15) is 5.10 Å². The Labute approximate surface area is 132 Å². The summed E-state index contributed by atoms with van der Waals surface area (Å²) in [4.78, 5) is 16.6. The van der Waals surface area contributed by atoms with Gasteiger partial charge in [-0.1, -0.05) is 18.5 Å². The predicted octanol–water partition coefficient (Wildman–Crippen LogP) is 2.82. The summed E-state index contributed by atoms with van der Waals surface area (Å²) in [6.07, 6.45) is 5.79. The minimum absolute atomic E-state index is 0.00240. The van der Waals surface area contributed by atoms with Crippen LogP contribution in [0.4, 0.5) is 0 Å². The summed E-state index contributed by atoms with van der Waals surface area (Å²) in [6, 6.07) is 0. The van der Waals surface area contributed by atoms with E-state index in [-0.39, 0.29) is 11.8 Å². The summed E-state index contributed by atoms with van der Waals surface area (Å²) >= 11 is 7.50. The maximum absolute atomic E-state index is 12.1. The molecule has 1 unspecified atom stereocenters. The van der Waals surface area contributed by atoms with Crippen molar-refractivity contribution in [1.82, 2.24) is 20.1 Å². The summed E-state index contributed by atoms with van der Waals surface area (Å²) in [5.41, 5.74) is 0.949. The summed E-state index contributed by atoms with van der Waals surface area (Å²) < 4.78 is 1.68. The second-order valence-corrected chi connectivity index (χ2v) is 6.78. The van der Waals surface area contributed by atoms with Crippen LogP contribution >= 0.6 is 22.9 Å². The van der Waals surface area contributed by atoms with E-state index in [1.54, 1.807) is 28.4 Å². The third kappa shape index (κ3) is 3.83. The first-order chi connectivity index (χ1) is 10.1. The van der Waals surface area contributed by atoms with Crippen LogP contribution in [0.3, 0.4) is 0 Å². The maximum atomic E-state index is 12.1. The highest BCUT2D eigenvalue weighted by atomic mass is 35.5. The van der Waals surface area contributed by atoms with Crippen molar-refractivity contribution in [1.29, 1.82) is 0 Å². The normalized spacial score (nSPS) is 15.9. The van der Waals surface area contributed by atoms with E-state index in [1.165, 1.54) is 17.8 Å². The van der Waals surface area contributed by atoms with E-state index in [0.717, 1.165) is 5.69 Å². The molecule has 0 radical (unpaired) electrons. The van der Waals surface area contributed by atoms with Crippen molar-refractivity contribution in [3.63, 3.8) is 0 Å². The van der Waals surface area contributed by atoms with E-state index < -0.39 is 0 Å². The fraction of sp³-hybridized carbons (Fsp3) is 0.500. The second-order valence-electron chi connectivity index (χ2n) is 5.45. The number of halogens is 1. The number of hydrogen-bond donors (Lipinski definition) is 1. The fourth-order valence-electron chi connectivity index (χ4n) is 2.08. The van der Waals surface area contributed by atoms with Crippen molar-refractivity contribution in [3.8, 4) is 0 Å². The molecule has 0 aliphatic heterocycles. The quantitative estimate of drug-likeness (QED) is 0.888. The number of aromatic nitrogens is 3. The first-order valence-corrected chi connectivity index (χ1v) is 8.27. The lowest BCUT2D eigenvalue weighted by Gasteiger charge is -2.11. The smallest absolute Gasteiger partial charge is 0.225 e. The summed E-state index contributed by atoms with van der Waals surface area (Å²) in [6.45, 7) is 2.89. The van der Waals surface area contributed by atoms with E-state index in [4.69, 9.17) is 11.6 Å². The molecule has 1 saturated carbocycles. The number of hydrogen-bond acceptors (Lipinski definition) is 4. The average Bonchev–Trinajstić information content (AvgIpc) is 3.07. The van der Waals surface area contributed by atoms with Crippen LogP contribution in [0.1, 0.15) is 36.4 Å². The molecule has 2 aromatic heterocycles. The number of nitrogens with one attached hydrogen (secondary N) is 1. The van der Waals surface area contributed by atoms with Crippen molar-refractivity contribution in [2.45, 2.75) is 38.8 Å². The van der Waals surface area contributed by atoms with Crippen LogP contribution in [0.25, 0.3) is 0 Å². The summed E-state index contributed by atoms with van der Waals surface area (Å²) in [5.74, 6) is 0.507. The van der Waals surface area contributed by atoms with Gasteiger partial charge in [0.15, 0.2) is 0 Å². The molecule has 21 heavy (non-hydrogen) atoms. The standard InChI is InChI=1S/C14H17ClN4OS/c1-9(6-19-7-11(15)4-17-19)13(20)16-5-12-8-21-14(18-12)10-2-3-10/h4,7-10H,2-3,5-6H2,1H3,(H,16,20). The Morgan fingerprint density at radius 1 is 1.62 bits per heavy atom. The van der Waals surface area contributed by atoms with Gasteiger partial charge in [0.25, 0.3) is 0 Å². The third-order valence-electron chi connectivity index (χ3n) is 3.45. The van der Waals surface area contributed by atoms with Gasteiger partial charge in [0, 0.05) is 17.5 Å². The highest BCUT2D eigenvalue weighted by molar-refractivity contribution is 7.09. The Morgan fingerprint density at radius 3 is 3.10 bits per heavy atom. The molecule has 0 aromatic carbocycles. The predicted molar refractivity (Wildman–Crippen MR) is 82.3 cm³/mol. The number of carbonyl (C=O) groups is 1. The Kier molecular flexibility index (Phi) is 4.26. The first kappa shape index (κ1) is 14.5.